The first kappa shape index (κ1) is 14.6. The molecule has 0 aliphatic rings. The van der Waals surface area contributed by atoms with Crippen molar-refractivity contribution in [1.82, 2.24) is 15.0 Å². The van der Waals surface area contributed by atoms with Gasteiger partial charge >= 0.3 is 0 Å². The predicted molar refractivity (Wildman–Crippen MR) is 71.9 cm³/mol. The molecular formula is C11H18ClN5O. The Morgan fingerprint density at radius 3 is 2.50 bits per heavy atom. The zero-order valence-electron chi connectivity index (χ0n) is 11.1. The van der Waals surface area contributed by atoms with Crippen LogP contribution in [0.15, 0.2) is 0 Å². The quantitative estimate of drug-likeness (QED) is 0.886. The van der Waals surface area contributed by atoms with E-state index in [9.17, 15) is 4.79 Å². The van der Waals surface area contributed by atoms with Gasteiger partial charge in [0.2, 0.25) is 23.1 Å². The van der Waals surface area contributed by atoms with Crippen LogP contribution >= 0.6 is 11.6 Å². The molecule has 0 atom stereocenters. The van der Waals surface area contributed by atoms with Crippen LogP contribution in [0.2, 0.25) is 5.28 Å². The molecule has 0 unspecified atom stereocenters. The zero-order chi connectivity index (χ0) is 13.7. The van der Waals surface area contributed by atoms with Gasteiger partial charge in [-0.1, -0.05) is 13.8 Å². The highest BCUT2D eigenvalue weighted by Crippen LogP contribution is 2.15. The standard InChI is InChI=1S/C11H18ClN5O/c1-5-13-10-14-9(12)15-11(16-10)17(6-2)8(18)7(3)4/h7H,5-6H2,1-4H3,(H,13,14,15,16). The van der Waals surface area contributed by atoms with Crippen molar-refractivity contribution >= 4 is 29.4 Å². The smallest absolute Gasteiger partial charge is 0.238 e. The molecule has 1 aromatic heterocycles. The first-order valence-electron chi connectivity index (χ1n) is 5.96. The fraction of sp³-hybridized carbons (Fsp3) is 0.636. The van der Waals surface area contributed by atoms with Crippen molar-refractivity contribution in [1.29, 1.82) is 0 Å². The van der Waals surface area contributed by atoms with Crippen LogP contribution in [-0.2, 0) is 4.79 Å². The molecule has 0 saturated carbocycles. The third-order valence-corrected chi connectivity index (χ3v) is 2.42. The number of halogens is 1. The van der Waals surface area contributed by atoms with E-state index in [0.29, 0.717) is 19.0 Å². The number of nitrogens with one attached hydrogen (secondary N) is 1. The first-order chi connectivity index (χ1) is 8.49. The summed E-state index contributed by atoms with van der Waals surface area (Å²) in [5.74, 6) is 0.500. The minimum atomic E-state index is -0.122. The molecule has 1 heterocycles. The number of carbonyl (C=O) groups is 1. The highest BCUT2D eigenvalue weighted by atomic mass is 35.5. The van der Waals surface area contributed by atoms with E-state index in [1.807, 2.05) is 27.7 Å². The number of anilines is 2. The van der Waals surface area contributed by atoms with Crippen molar-refractivity contribution in [2.75, 3.05) is 23.3 Å². The largest absolute Gasteiger partial charge is 0.354 e. The van der Waals surface area contributed by atoms with E-state index in [-0.39, 0.29) is 23.1 Å². The molecule has 0 aliphatic carbocycles. The number of aromatic nitrogens is 3. The van der Waals surface area contributed by atoms with Crippen LogP contribution in [-0.4, -0.2) is 33.9 Å². The maximum atomic E-state index is 12.0. The third-order valence-electron chi connectivity index (χ3n) is 2.25. The molecule has 0 bridgehead atoms. The summed E-state index contributed by atoms with van der Waals surface area (Å²) in [7, 11) is 0. The van der Waals surface area contributed by atoms with Crippen LogP contribution in [0.3, 0.4) is 0 Å². The number of hydrogen-bond donors (Lipinski definition) is 1. The van der Waals surface area contributed by atoms with Crippen molar-refractivity contribution in [3.05, 3.63) is 5.28 Å². The van der Waals surface area contributed by atoms with Gasteiger partial charge in [-0.15, -0.1) is 0 Å². The van der Waals surface area contributed by atoms with Gasteiger partial charge < -0.3 is 5.32 Å². The average molecular weight is 272 g/mol. The second kappa shape index (κ2) is 6.49. The zero-order valence-corrected chi connectivity index (χ0v) is 11.8. The molecule has 6 nitrogen and oxygen atoms in total. The molecular weight excluding hydrogens is 254 g/mol. The van der Waals surface area contributed by atoms with Gasteiger partial charge in [-0.25, -0.2) is 0 Å². The lowest BCUT2D eigenvalue weighted by molar-refractivity contribution is -0.121. The Labute approximate surface area is 112 Å². The van der Waals surface area contributed by atoms with E-state index in [2.05, 4.69) is 20.3 Å². The molecule has 0 fully saturated rings. The van der Waals surface area contributed by atoms with E-state index in [4.69, 9.17) is 11.6 Å². The van der Waals surface area contributed by atoms with Gasteiger partial charge in [0.15, 0.2) is 0 Å². The van der Waals surface area contributed by atoms with Gasteiger partial charge in [0.05, 0.1) is 0 Å². The van der Waals surface area contributed by atoms with Gasteiger partial charge in [-0.05, 0) is 25.4 Å². The molecule has 1 N–H and O–H groups in total. The first-order valence-corrected chi connectivity index (χ1v) is 6.34. The highest BCUT2D eigenvalue weighted by Gasteiger charge is 2.20. The van der Waals surface area contributed by atoms with Crippen LogP contribution < -0.4 is 10.2 Å². The van der Waals surface area contributed by atoms with E-state index in [1.165, 1.54) is 4.90 Å². The summed E-state index contributed by atoms with van der Waals surface area (Å²) in [6.07, 6.45) is 0. The SMILES string of the molecule is CCNc1nc(Cl)nc(N(CC)C(=O)C(C)C)n1. The van der Waals surface area contributed by atoms with Gasteiger partial charge in [0.1, 0.15) is 0 Å². The second-order valence-electron chi connectivity index (χ2n) is 4.00. The molecule has 1 rings (SSSR count). The molecule has 0 saturated heterocycles. The Balaban J connectivity index is 3.09. The molecule has 0 aliphatic heterocycles. The number of hydrogen-bond acceptors (Lipinski definition) is 5. The Kier molecular flexibility index (Phi) is 5.27. The topological polar surface area (TPSA) is 71.0 Å². The lowest BCUT2D eigenvalue weighted by atomic mass is 10.2. The van der Waals surface area contributed by atoms with Gasteiger partial charge in [0, 0.05) is 19.0 Å². The maximum Gasteiger partial charge on any atom is 0.238 e. The van der Waals surface area contributed by atoms with E-state index in [1.54, 1.807) is 0 Å². The summed E-state index contributed by atoms with van der Waals surface area (Å²) in [6.45, 7) is 8.62. The third kappa shape index (κ3) is 3.53. The number of carbonyl (C=O) groups excluding carboxylic acids is 1. The van der Waals surface area contributed by atoms with Crippen molar-refractivity contribution in [3.63, 3.8) is 0 Å². The Morgan fingerprint density at radius 1 is 1.33 bits per heavy atom. The van der Waals surface area contributed by atoms with E-state index < -0.39 is 0 Å². The van der Waals surface area contributed by atoms with Crippen LogP contribution in [0.25, 0.3) is 0 Å². The minimum absolute atomic E-state index is 0.0396. The molecule has 0 spiro atoms. The Bertz CT molecular complexity index is 424. The lowest BCUT2D eigenvalue weighted by Crippen LogP contribution is -2.35. The van der Waals surface area contributed by atoms with Crippen molar-refractivity contribution in [3.8, 4) is 0 Å². The van der Waals surface area contributed by atoms with Crippen molar-refractivity contribution < 1.29 is 4.79 Å². The second-order valence-corrected chi connectivity index (χ2v) is 4.33. The van der Waals surface area contributed by atoms with Gasteiger partial charge in [0.25, 0.3) is 0 Å². The Hall–Kier alpha value is -1.43. The Morgan fingerprint density at radius 2 is 2.00 bits per heavy atom. The molecule has 0 radical (unpaired) electrons. The van der Waals surface area contributed by atoms with Gasteiger partial charge in [-0.3, -0.25) is 9.69 Å². The van der Waals surface area contributed by atoms with Crippen LogP contribution in [0.1, 0.15) is 27.7 Å². The average Bonchev–Trinajstić information content (AvgIpc) is 2.29. The lowest BCUT2D eigenvalue weighted by Gasteiger charge is -2.21. The monoisotopic (exact) mass is 271 g/mol. The van der Waals surface area contributed by atoms with Crippen LogP contribution in [0.5, 0.6) is 0 Å². The maximum absolute atomic E-state index is 12.0. The fourth-order valence-electron chi connectivity index (χ4n) is 1.41. The molecule has 1 amide bonds. The predicted octanol–water partition coefficient (Wildman–Crippen LogP) is 1.97. The minimum Gasteiger partial charge on any atom is -0.354 e. The summed E-state index contributed by atoms with van der Waals surface area (Å²) >= 11 is 5.83. The van der Waals surface area contributed by atoms with E-state index in [0.717, 1.165) is 0 Å². The summed E-state index contributed by atoms with van der Waals surface area (Å²) in [6, 6.07) is 0. The number of amides is 1. The molecule has 100 valence electrons. The molecule has 7 heteroatoms. The van der Waals surface area contributed by atoms with Crippen LogP contribution in [0.4, 0.5) is 11.9 Å². The fourth-order valence-corrected chi connectivity index (χ4v) is 1.56. The van der Waals surface area contributed by atoms with Crippen molar-refractivity contribution in [2.24, 2.45) is 5.92 Å². The molecule has 0 aromatic carbocycles. The number of nitrogens with zero attached hydrogens (tertiary/aromatic N) is 4. The molecule has 1 aromatic rings. The number of rotatable bonds is 5. The normalized spacial score (nSPS) is 10.6. The summed E-state index contributed by atoms with van der Waals surface area (Å²) in [5, 5.41) is 3.03. The van der Waals surface area contributed by atoms with Gasteiger partial charge in [-0.2, -0.15) is 15.0 Å². The highest BCUT2D eigenvalue weighted by molar-refractivity contribution is 6.28. The summed E-state index contributed by atoms with van der Waals surface area (Å²) < 4.78 is 0. The summed E-state index contributed by atoms with van der Waals surface area (Å²) in [4.78, 5) is 25.6. The van der Waals surface area contributed by atoms with Crippen LogP contribution in [0, 0.1) is 5.92 Å². The summed E-state index contributed by atoms with van der Waals surface area (Å²) in [5.41, 5.74) is 0. The van der Waals surface area contributed by atoms with E-state index >= 15 is 0 Å². The van der Waals surface area contributed by atoms with Crippen molar-refractivity contribution in [2.45, 2.75) is 27.7 Å². The molecule has 18 heavy (non-hydrogen) atoms.